The molecule has 1 aliphatic heterocycles. The topological polar surface area (TPSA) is 390 Å². The van der Waals surface area contributed by atoms with Gasteiger partial charge in [0, 0.05) is 30.7 Å². The summed E-state index contributed by atoms with van der Waals surface area (Å²) in [5, 5.41) is 26.0. The number of fused-ring (bicyclic) bond motifs is 1. The van der Waals surface area contributed by atoms with Crippen LogP contribution in [0.15, 0.2) is 12.7 Å². The van der Waals surface area contributed by atoms with Crippen LogP contribution in [-0.2, 0) is 50.7 Å². The number of rotatable bonds is 20. The van der Waals surface area contributed by atoms with Crippen LogP contribution in [0.4, 0.5) is 5.82 Å². The Bertz CT molecular complexity index is 1760. The van der Waals surface area contributed by atoms with E-state index in [4.69, 9.17) is 25.3 Å². The number of amides is 2. The van der Waals surface area contributed by atoms with E-state index in [9.17, 15) is 57.9 Å². The van der Waals surface area contributed by atoms with Crippen molar-refractivity contribution in [2.75, 3.05) is 37.8 Å². The number of hydrogen-bond acceptors (Lipinski definition) is 19. The Labute approximate surface area is 304 Å². The maximum atomic E-state index is 12.6. The van der Waals surface area contributed by atoms with E-state index in [1.54, 1.807) is 0 Å². The molecule has 0 saturated carbocycles. The Morgan fingerprint density at radius 1 is 1.08 bits per heavy atom. The molecule has 1 aliphatic rings. The van der Waals surface area contributed by atoms with Gasteiger partial charge in [-0.2, -0.15) is 4.31 Å². The Morgan fingerprint density at radius 3 is 2.38 bits per heavy atom. The lowest BCUT2D eigenvalue weighted by Crippen LogP contribution is -2.46. The van der Waals surface area contributed by atoms with E-state index in [1.807, 2.05) is 0 Å². The van der Waals surface area contributed by atoms with Crippen LogP contribution < -0.4 is 22.1 Å². The third-order valence-corrected chi connectivity index (χ3v) is 11.3. The van der Waals surface area contributed by atoms with Gasteiger partial charge in [-0.15, -0.1) is 0 Å². The second-order valence-electron chi connectivity index (χ2n) is 12.0. The molecule has 0 bridgehead atoms. The third kappa shape index (κ3) is 13.4. The van der Waals surface area contributed by atoms with Crippen molar-refractivity contribution in [1.29, 1.82) is 0 Å². The van der Waals surface area contributed by atoms with Crippen LogP contribution in [0.3, 0.4) is 0 Å². The molecule has 3 rings (SSSR count). The van der Waals surface area contributed by atoms with Crippen molar-refractivity contribution < 1.29 is 80.5 Å². The molecule has 300 valence electrons. The first-order valence-corrected chi connectivity index (χ1v) is 20.7. The summed E-state index contributed by atoms with van der Waals surface area (Å²) in [4.78, 5) is 86.7. The monoisotopic (exact) mass is 838 g/mol. The number of imidazole rings is 1. The van der Waals surface area contributed by atoms with Gasteiger partial charge in [-0.3, -0.25) is 32.5 Å². The minimum absolute atomic E-state index is 0.0281. The molecule has 0 aliphatic carbocycles. The van der Waals surface area contributed by atoms with Crippen molar-refractivity contribution in [1.82, 2.24) is 30.2 Å². The molecular formula is C24H41N8O17P3S. The molecule has 53 heavy (non-hydrogen) atoms. The molecule has 1 saturated heterocycles. The minimum atomic E-state index is -5.57. The van der Waals surface area contributed by atoms with Crippen LogP contribution in [0, 0.1) is 5.41 Å². The zero-order valence-electron chi connectivity index (χ0n) is 28.2. The number of aromatic nitrogens is 4. The van der Waals surface area contributed by atoms with Gasteiger partial charge in [0.1, 0.15) is 36.3 Å². The van der Waals surface area contributed by atoms with E-state index < -0.39 is 90.6 Å². The lowest BCUT2D eigenvalue weighted by molar-refractivity contribution is -0.137. The Morgan fingerprint density at radius 2 is 1.74 bits per heavy atom. The van der Waals surface area contributed by atoms with Gasteiger partial charge in [0.25, 0.3) is 0 Å². The first-order chi connectivity index (χ1) is 24.4. The molecule has 0 radical (unpaired) electrons. The second-order valence-corrected chi connectivity index (χ2v) is 17.4. The fourth-order valence-electron chi connectivity index (χ4n) is 4.41. The Balaban J connectivity index is 1.52. The summed E-state index contributed by atoms with van der Waals surface area (Å²) in [6.07, 6.45) is -6.95. The van der Waals surface area contributed by atoms with Crippen molar-refractivity contribution in [3.63, 3.8) is 0 Å². The number of nitrogens with zero attached hydrogens (tertiary/aromatic N) is 4. The quantitative estimate of drug-likeness (QED) is 0.0510. The Kier molecular flexibility index (Phi) is 15.6. The number of nitrogens with two attached hydrogens (primary N) is 2. The summed E-state index contributed by atoms with van der Waals surface area (Å²) in [7, 11) is -16.4. The first-order valence-electron chi connectivity index (χ1n) is 15.2. The largest absolute Gasteiger partial charge is 0.481 e. The molecule has 29 heteroatoms. The number of carbonyl (C=O) groups excluding carboxylic acids is 3. The highest BCUT2D eigenvalue weighted by molar-refractivity contribution is 8.13. The highest BCUT2D eigenvalue weighted by Crippen LogP contribution is 2.61. The third-order valence-electron chi connectivity index (χ3n) is 7.12. The number of anilines is 1. The molecule has 8 atom stereocenters. The van der Waals surface area contributed by atoms with Crippen molar-refractivity contribution >= 4 is 69.1 Å². The fourth-order valence-corrected chi connectivity index (χ4v) is 7.91. The normalized spacial score (nSPS) is 22.8. The standard InChI is InChI=1S/C24H41N8O17P3S/c1-12(25)23(37)53-7-6-27-14(33)4-5-28-21(36)18(35)24(2,3)9-46-52(43,44)49-51(41,42)45-8-13-17(48-50(38,39)40)16(34)22(47-13)32-11-31-15-19(26)29-10-30-20(15)32/h10-13,16-18,22,34-35H,4-9,25H2,1-3H3,(H,27,33)(H,28,36)(H,41,42)(H,43,44)(H2,26,29,30)(H2,38,39,40). The number of ether oxygens (including phenoxy) is 1. The predicted molar refractivity (Wildman–Crippen MR) is 181 cm³/mol. The number of nitrogens with one attached hydrogen (secondary N) is 2. The number of nitrogen functional groups attached to an aromatic ring is 1. The van der Waals surface area contributed by atoms with Crippen molar-refractivity contribution in [2.24, 2.45) is 11.1 Å². The number of aliphatic hydroxyl groups excluding tert-OH is 2. The molecule has 8 unspecified atom stereocenters. The van der Waals surface area contributed by atoms with Crippen LogP contribution >= 0.6 is 35.2 Å². The highest BCUT2D eigenvalue weighted by atomic mass is 32.2. The highest BCUT2D eigenvalue weighted by Gasteiger charge is 2.50. The average molecular weight is 839 g/mol. The lowest BCUT2D eigenvalue weighted by Gasteiger charge is -2.30. The summed E-state index contributed by atoms with van der Waals surface area (Å²) >= 11 is 0.953. The first kappa shape index (κ1) is 44.9. The molecule has 2 aromatic rings. The van der Waals surface area contributed by atoms with Gasteiger partial charge in [-0.1, -0.05) is 25.6 Å². The number of phosphoric acid groups is 3. The van der Waals surface area contributed by atoms with E-state index in [-0.39, 0.29) is 47.4 Å². The SMILES string of the molecule is CC(N)C(=O)SCCNC(=O)CCNC(=O)C(O)C(C)(C)COP(=O)(O)OP(=O)(O)OCC1OC(n2cnc3c(N)ncnc32)C(O)C1OP(=O)(O)O. The van der Waals surface area contributed by atoms with Crippen LogP contribution in [0.25, 0.3) is 11.2 Å². The number of aliphatic hydroxyl groups is 2. The van der Waals surface area contributed by atoms with Crippen molar-refractivity contribution in [3.8, 4) is 0 Å². The maximum absolute atomic E-state index is 12.6. The van der Waals surface area contributed by atoms with Gasteiger partial charge in [-0.25, -0.2) is 28.6 Å². The molecule has 1 fully saturated rings. The van der Waals surface area contributed by atoms with Gasteiger partial charge in [0.15, 0.2) is 17.7 Å². The molecule has 2 amide bonds. The van der Waals surface area contributed by atoms with E-state index in [0.717, 1.165) is 29.0 Å². The number of hydrogen-bond donors (Lipinski definition) is 10. The summed E-state index contributed by atoms with van der Waals surface area (Å²) in [6.45, 7) is 1.94. The van der Waals surface area contributed by atoms with Gasteiger partial charge in [0.2, 0.25) is 16.9 Å². The molecule has 0 aromatic carbocycles. The Hall–Kier alpha value is -2.48. The zero-order valence-corrected chi connectivity index (χ0v) is 31.7. The predicted octanol–water partition coefficient (Wildman–Crippen LogP) is -1.99. The summed E-state index contributed by atoms with van der Waals surface area (Å²) < 4.78 is 61.9. The molecule has 3 heterocycles. The maximum Gasteiger partial charge on any atom is 0.481 e. The molecule has 0 spiro atoms. The summed E-state index contributed by atoms with van der Waals surface area (Å²) in [5.41, 5.74) is 9.69. The van der Waals surface area contributed by atoms with Gasteiger partial charge >= 0.3 is 23.5 Å². The minimum Gasteiger partial charge on any atom is -0.386 e. The summed E-state index contributed by atoms with van der Waals surface area (Å²) in [6, 6.07) is -0.646. The molecule has 25 nitrogen and oxygen atoms in total. The molecular weight excluding hydrogens is 797 g/mol. The zero-order chi connectivity index (χ0) is 39.9. The van der Waals surface area contributed by atoms with Crippen molar-refractivity contribution in [3.05, 3.63) is 12.7 Å². The number of carbonyl (C=O) groups is 3. The van der Waals surface area contributed by atoms with Crippen LogP contribution in [-0.4, -0.2) is 129 Å². The van der Waals surface area contributed by atoms with E-state index in [0.29, 0.717) is 0 Å². The van der Waals surface area contributed by atoms with Gasteiger partial charge in [0.05, 0.1) is 25.6 Å². The van der Waals surface area contributed by atoms with Crippen LogP contribution in [0.1, 0.15) is 33.4 Å². The van der Waals surface area contributed by atoms with Crippen LogP contribution in [0.2, 0.25) is 0 Å². The van der Waals surface area contributed by atoms with Crippen LogP contribution in [0.5, 0.6) is 0 Å². The smallest absolute Gasteiger partial charge is 0.386 e. The van der Waals surface area contributed by atoms with Gasteiger partial charge < -0.3 is 56.6 Å². The lowest BCUT2D eigenvalue weighted by atomic mass is 9.87. The van der Waals surface area contributed by atoms with E-state index in [2.05, 4.69) is 34.4 Å². The van der Waals surface area contributed by atoms with Crippen molar-refractivity contribution in [2.45, 2.75) is 63.9 Å². The fraction of sp³-hybridized carbons (Fsp3) is 0.667. The number of phosphoric ester groups is 3. The second kappa shape index (κ2) is 18.4. The summed E-state index contributed by atoms with van der Waals surface area (Å²) in [5.74, 6) is -1.21. The molecule has 2 aromatic heterocycles. The van der Waals surface area contributed by atoms with E-state index >= 15 is 0 Å². The van der Waals surface area contributed by atoms with Gasteiger partial charge in [-0.05, 0) is 6.92 Å². The average Bonchev–Trinajstić information content (AvgIpc) is 3.60. The van der Waals surface area contributed by atoms with E-state index in [1.165, 1.54) is 20.8 Å². The number of thioether (sulfide) groups is 1. The molecule has 12 N–H and O–H groups in total.